The number of nitrogens with zero attached hydrogens (tertiary/aromatic N) is 3. The van der Waals surface area contributed by atoms with Crippen LogP contribution in [-0.4, -0.2) is 45.6 Å². The monoisotopic (exact) mass is 424 g/mol. The molecule has 2 atom stereocenters. The van der Waals surface area contributed by atoms with E-state index in [1.54, 1.807) is 13.0 Å². The number of aromatic amines is 1. The molecule has 0 radical (unpaired) electrons. The number of carbonyl (C=O) groups excluding carboxylic acids is 1. The first kappa shape index (κ1) is 22.1. The summed E-state index contributed by atoms with van der Waals surface area (Å²) < 4.78 is 39.0. The SMILES string of the molecule is CC(=O)Nc1cc(C(C)N2CCCC(CNc3cc(C)nc(C(F)(F)F)c3)C2)[nH]n1. The highest BCUT2D eigenvalue weighted by molar-refractivity contribution is 5.87. The van der Waals surface area contributed by atoms with Crippen molar-refractivity contribution in [2.24, 2.45) is 5.92 Å². The lowest BCUT2D eigenvalue weighted by Gasteiger charge is -2.36. The maximum absolute atomic E-state index is 13.0. The summed E-state index contributed by atoms with van der Waals surface area (Å²) in [6.07, 6.45) is -2.45. The minimum atomic E-state index is -4.46. The van der Waals surface area contributed by atoms with Crippen molar-refractivity contribution in [1.29, 1.82) is 0 Å². The Morgan fingerprint density at radius 2 is 2.13 bits per heavy atom. The molecule has 2 aromatic rings. The van der Waals surface area contributed by atoms with Gasteiger partial charge in [-0.05, 0) is 51.3 Å². The number of likely N-dealkylation sites (tertiary alicyclic amines) is 1. The van der Waals surface area contributed by atoms with Crippen LogP contribution in [0.2, 0.25) is 0 Å². The summed E-state index contributed by atoms with van der Waals surface area (Å²) in [5, 5.41) is 12.9. The number of halogens is 3. The molecule has 10 heteroatoms. The number of pyridine rings is 1. The molecule has 2 aromatic heterocycles. The summed E-state index contributed by atoms with van der Waals surface area (Å²) in [4.78, 5) is 17.1. The summed E-state index contributed by atoms with van der Waals surface area (Å²) in [7, 11) is 0. The fourth-order valence-corrected chi connectivity index (χ4v) is 3.79. The van der Waals surface area contributed by atoms with Gasteiger partial charge in [0.25, 0.3) is 0 Å². The maximum Gasteiger partial charge on any atom is 0.433 e. The van der Waals surface area contributed by atoms with Crippen molar-refractivity contribution in [3.63, 3.8) is 0 Å². The fourth-order valence-electron chi connectivity index (χ4n) is 3.79. The second-order valence-corrected chi connectivity index (χ2v) is 7.83. The van der Waals surface area contributed by atoms with Gasteiger partial charge in [0.15, 0.2) is 5.82 Å². The molecule has 3 N–H and O–H groups in total. The van der Waals surface area contributed by atoms with Gasteiger partial charge in [-0.3, -0.25) is 14.8 Å². The van der Waals surface area contributed by atoms with E-state index >= 15 is 0 Å². The van der Waals surface area contributed by atoms with E-state index in [1.807, 2.05) is 6.07 Å². The Morgan fingerprint density at radius 1 is 1.37 bits per heavy atom. The third-order valence-electron chi connectivity index (χ3n) is 5.29. The highest BCUT2D eigenvalue weighted by atomic mass is 19.4. The molecular formula is C20H27F3N6O. The molecule has 7 nitrogen and oxygen atoms in total. The van der Waals surface area contributed by atoms with Crippen LogP contribution in [-0.2, 0) is 11.0 Å². The van der Waals surface area contributed by atoms with Gasteiger partial charge in [0.2, 0.25) is 5.91 Å². The largest absolute Gasteiger partial charge is 0.433 e. The van der Waals surface area contributed by atoms with Crippen molar-refractivity contribution in [3.8, 4) is 0 Å². The van der Waals surface area contributed by atoms with E-state index in [1.165, 1.54) is 6.92 Å². The van der Waals surface area contributed by atoms with Crippen LogP contribution < -0.4 is 10.6 Å². The zero-order valence-electron chi connectivity index (χ0n) is 17.3. The van der Waals surface area contributed by atoms with Crippen LogP contribution in [0.25, 0.3) is 0 Å². The Balaban J connectivity index is 1.59. The minimum absolute atomic E-state index is 0.0859. The number of carbonyl (C=O) groups is 1. The first-order valence-electron chi connectivity index (χ1n) is 9.98. The third-order valence-corrected chi connectivity index (χ3v) is 5.29. The first-order chi connectivity index (χ1) is 14.1. The molecule has 1 aliphatic rings. The van der Waals surface area contributed by atoms with Gasteiger partial charge in [-0.15, -0.1) is 0 Å². The van der Waals surface area contributed by atoms with Gasteiger partial charge in [-0.25, -0.2) is 4.98 Å². The van der Waals surface area contributed by atoms with E-state index in [4.69, 9.17) is 0 Å². The summed E-state index contributed by atoms with van der Waals surface area (Å²) in [6.45, 7) is 7.40. The second-order valence-electron chi connectivity index (χ2n) is 7.83. The molecule has 0 spiro atoms. The standard InChI is InChI=1S/C20H27F3N6O/c1-12-7-16(8-18(25-12)20(21,22)23)24-10-15-5-4-6-29(11-15)13(2)17-9-19(28-27-17)26-14(3)30/h7-9,13,15H,4-6,10-11H2,1-3H3,(H,24,25)(H2,26,27,28,30). The summed E-state index contributed by atoms with van der Waals surface area (Å²) in [5.74, 6) is 0.625. The van der Waals surface area contributed by atoms with Gasteiger partial charge < -0.3 is 10.6 Å². The summed E-state index contributed by atoms with van der Waals surface area (Å²) in [6, 6.07) is 4.60. The van der Waals surface area contributed by atoms with Gasteiger partial charge >= 0.3 is 6.18 Å². The molecule has 0 aliphatic carbocycles. The van der Waals surface area contributed by atoms with Crippen LogP contribution in [0.4, 0.5) is 24.7 Å². The number of amides is 1. The quantitative estimate of drug-likeness (QED) is 0.653. The molecule has 0 aromatic carbocycles. The van der Waals surface area contributed by atoms with E-state index in [2.05, 4.69) is 37.6 Å². The number of aromatic nitrogens is 3. The smallest absolute Gasteiger partial charge is 0.385 e. The molecule has 3 heterocycles. The number of anilines is 2. The normalized spacial score (nSPS) is 18.8. The lowest BCUT2D eigenvalue weighted by atomic mass is 9.96. The van der Waals surface area contributed by atoms with Gasteiger partial charge in [0, 0.05) is 43.5 Å². The average molecular weight is 424 g/mol. The molecule has 30 heavy (non-hydrogen) atoms. The van der Waals surface area contributed by atoms with Crippen molar-refractivity contribution in [2.75, 3.05) is 30.3 Å². The van der Waals surface area contributed by atoms with Crippen molar-refractivity contribution in [3.05, 3.63) is 35.3 Å². The number of H-pyrrole nitrogens is 1. The van der Waals surface area contributed by atoms with Crippen LogP contribution in [0, 0.1) is 12.8 Å². The van der Waals surface area contributed by atoms with Crippen LogP contribution >= 0.6 is 0 Å². The number of aryl methyl sites for hydroxylation is 1. The van der Waals surface area contributed by atoms with E-state index in [0.29, 0.717) is 29.7 Å². The van der Waals surface area contributed by atoms with E-state index in [-0.39, 0.29) is 11.9 Å². The number of rotatable bonds is 6. The molecule has 0 bridgehead atoms. The van der Waals surface area contributed by atoms with E-state index in [0.717, 1.165) is 37.7 Å². The second kappa shape index (κ2) is 9.03. The molecule has 164 valence electrons. The number of hydrogen-bond acceptors (Lipinski definition) is 5. The van der Waals surface area contributed by atoms with Crippen molar-refractivity contribution in [1.82, 2.24) is 20.1 Å². The Morgan fingerprint density at radius 3 is 2.83 bits per heavy atom. The van der Waals surface area contributed by atoms with E-state index < -0.39 is 11.9 Å². The number of alkyl halides is 3. The van der Waals surface area contributed by atoms with Crippen LogP contribution in [0.15, 0.2) is 18.2 Å². The number of piperidine rings is 1. The van der Waals surface area contributed by atoms with Crippen molar-refractivity contribution < 1.29 is 18.0 Å². The molecule has 1 aliphatic heterocycles. The van der Waals surface area contributed by atoms with Crippen LogP contribution in [0.3, 0.4) is 0 Å². The fraction of sp³-hybridized carbons (Fsp3) is 0.550. The number of nitrogens with one attached hydrogen (secondary N) is 3. The number of hydrogen-bond donors (Lipinski definition) is 3. The highest BCUT2D eigenvalue weighted by Crippen LogP contribution is 2.30. The Hall–Kier alpha value is -2.62. The average Bonchev–Trinajstić information content (AvgIpc) is 3.12. The minimum Gasteiger partial charge on any atom is -0.385 e. The zero-order valence-corrected chi connectivity index (χ0v) is 17.3. The van der Waals surface area contributed by atoms with Gasteiger partial charge in [-0.1, -0.05) is 0 Å². The Kier molecular flexibility index (Phi) is 6.64. The van der Waals surface area contributed by atoms with Gasteiger partial charge in [-0.2, -0.15) is 18.3 Å². The van der Waals surface area contributed by atoms with E-state index in [9.17, 15) is 18.0 Å². The molecule has 1 amide bonds. The first-order valence-corrected chi connectivity index (χ1v) is 9.98. The maximum atomic E-state index is 13.0. The molecule has 0 saturated carbocycles. The van der Waals surface area contributed by atoms with Crippen molar-refractivity contribution in [2.45, 2.75) is 45.8 Å². The molecule has 1 fully saturated rings. The highest BCUT2D eigenvalue weighted by Gasteiger charge is 2.33. The summed E-state index contributed by atoms with van der Waals surface area (Å²) in [5.41, 5.74) is 0.805. The van der Waals surface area contributed by atoms with Gasteiger partial charge in [0.1, 0.15) is 5.69 Å². The zero-order chi connectivity index (χ0) is 21.9. The lowest BCUT2D eigenvalue weighted by Crippen LogP contribution is -2.39. The molecule has 3 rings (SSSR count). The molecule has 1 saturated heterocycles. The molecule has 2 unspecified atom stereocenters. The third kappa shape index (κ3) is 5.71. The Labute approximate surface area is 173 Å². The van der Waals surface area contributed by atoms with Gasteiger partial charge in [0.05, 0.1) is 5.69 Å². The molecular weight excluding hydrogens is 397 g/mol. The predicted octanol–water partition coefficient (Wildman–Crippen LogP) is 3.98. The Bertz CT molecular complexity index is 882. The van der Waals surface area contributed by atoms with Crippen molar-refractivity contribution >= 4 is 17.4 Å². The summed E-state index contributed by atoms with van der Waals surface area (Å²) >= 11 is 0. The topological polar surface area (TPSA) is 85.9 Å². The lowest BCUT2D eigenvalue weighted by molar-refractivity contribution is -0.141. The predicted molar refractivity (Wildman–Crippen MR) is 108 cm³/mol. The van der Waals surface area contributed by atoms with Crippen LogP contribution in [0.5, 0.6) is 0 Å². The van der Waals surface area contributed by atoms with Crippen LogP contribution in [0.1, 0.15) is 49.8 Å².